The second-order valence-corrected chi connectivity index (χ2v) is 3.68. The highest BCUT2D eigenvalue weighted by Gasteiger charge is 2.07. The maximum atomic E-state index is 11.3. The van der Waals surface area contributed by atoms with Gasteiger partial charge in [0.25, 0.3) is 5.91 Å². The lowest BCUT2D eigenvalue weighted by molar-refractivity contribution is -0.123. The number of amides is 1. The molecule has 0 aliphatic carbocycles. The summed E-state index contributed by atoms with van der Waals surface area (Å²) in [5.41, 5.74) is 5.73. The van der Waals surface area contributed by atoms with Crippen molar-refractivity contribution >= 4 is 11.6 Å². The van der Waals surface area contributed by atoms with E-state index in [9.17, 15) is 9.90 Å². The number of anilines is 1. The molecule has 0 aromatic heterocycles. The van der Waals surface area contributed by atoms with E-state index in [0.717, 1.165) is 12.8 Å². The van der Waals surface area contributed by atoms with Crippen molar-refractivity contribution in [1.82, 2.24) is 5.32 Å². The van der Waals surface area contributed by atoms with Crippen molar-refractivity contribution in [3.8, 4) is 11.5 Å². The standard InChI is InChI=1S/C12H18N2O3/c1-2-3-7-14-11(16)8-17-10-6-4-5-9(15)12(10)13/h4-6,15H,2-3,7-8,13H2,1H3,(H,14,16). The zero-order valence-corrected chi connectivity index (χ0v) is 9.90. The number of nitrogen functional groups attached to an aromatic ring is 1. The fourth-order valence-electron chi connectivity index (χ4n) is 1.26. The molecule has 1 amide bonds. The molecule has 0 saturated carbocycles. The number of rotatable bonds is 6. The van der Waals surface area contributed by atoms with Gasteiger partial charge in [0.2, 0.25) is 0 Å². The SMILES string of the molecule is CCCCNC(=O)COc1cccc(O)c1N. The molecule has 0 radical (unpaired) electrons. The number of hydrogen-bond donors (Lipinski definition) is 3. The molecule has 0 bridgehead atoms. The molecule has 0 atom stereocenters. The summed E-state index contributed by atoms with van der Waals surface area (Å²) < 4.78 is 5.21. The number of para-hydroxylation sites is 1. The number of nitrogens with one attached hydrogen (secondary N) is 1. The molecule has 0 aliphatic rings. The highest BCUT2D eigenvalue weighted by molar-refractivity contribution is 5.77. The number of nitrogens with two attached hydrogens (primary N) is 1. The summed E-state index contributed by atoms with van der Waals surface area (Å²) >= 11 is 0. The van der Waals surface area contributed by atoms with E-state index in [-0.39, 0.29) is 24.0 Å². The van der Waals surface area contributed by atoms with Crippen LogP contribution >= 0.6 is 0 Å². The second-order valence-electron chi connectivity index (χ2n) is 3.68. The number of ether oxygens (including phenoxy) is 1. The molecule has 5 heteroatoms. The smallest absolute Gasteiger partial charge is 0.257 e. The first-order valence-electron chi connectivity index (χ1n) is 5.62. The Hall–Kier alpha value is -1.91. The van der Waals surface area contributed by atoms with Crippen LogP contribution in [0.25, 0.3) is 0 Å². The first-order valence-corrected chi connectivity index (χ1v) is 5.62. The molecule has 0 spiro atoms. The Morgan fingerprint density at radius 2 is 2.29 bits per heavy atom. The average molecular weight is 238 g/mol. The molecule has 0 unspecified atom stereocenters. The number of aromatic hydroxyl groups is 1. The van der Waals surface area contributed by atoms with Gasteiger partial charge >= 0.3 is 0 Å². The average Bonchev–Trinajstić information content (AvgIpc) is 2.31. The number of carbonyl (C=O) groups is 1. The minimum atomic E-state index is -0.193. The predicted molar refractivity (Wildman–Crippen MR) is 65.9 cm³/mol. The van der Waals surface area contributed by atoms with E-state index in [1.807, 2.05) is 0 Å². The van der Waals surface area contributed by atoms with Crippen LogP contribution in [0.1, 0.15) is 19.8 Å². The zero-order chi connectivity index (χ0) is 12.7. The highest BCUT2D eigenvalue weighted by Crippen LogP contribution is 2.29. The first-order chi connectivity index (χ1) is 8.15. The van der Waals surface area contributed by atoms with Crippen molar-refractivity contribution in [2.75, 3.05) is 18.9 Å². The van der Waals surface area contributed by atoms with Crippen LogP contribution in [0.5, 0.6) is 11.5 Å². The van der Waals surface area contributed by atoms with Crippen LogP contribution in [0.4, 0.5) is 5.69 Å². The highest BCUT2D eigenvalue weighted by atomic mass is 16.5. The molecular formula is C12H18N2O3. The predicted octanol–water partition coefficient (Wildman–Crippen LogP) is 1.27. The molecule has 1 rings (SSSR count). The van der Waals surface area contributed by atoms with Gasteiger partial charge in [0, 0.05) is 6.54 Å². The Balaban J connectivity index is 2.39. The minimum Gasteiger partial charge on any atom is -0.506 e. The van der Waals surface area contributed by atoms with Crippen LogP contribution in [0.2, 0.25) is 0 Å². The number of phenolic OH excluding ortho intramolecular Hbond substituents is 1. The van der Waals surface area contributed by atoms with Gasteiger partial charge in [-0.25, -0.2) is 0 Å². The molecule has 0 fully saturated rings. The number of hydrogen-bond acceptors (Lipinski definition) is 4. The van der Waals surface area contributed by atoms with Crippen molar-refractivity contribution < 1.29 is 14.6 Å². The second kappa shape index (κ2) is 6.62. The lowest BCUT2D eigenvalue weighted by atomic mass is 10.3. The van der Waals surface area contributed by atoms with Crippen molar-refractivity contribution in [3.63, 3.8) is 0 Å². The summed E-state index contributed by atoms with van der Waals surface area (Å²) in [7, 11) is 0. The normalized spacial score (nSPS) is 9.94. The maximum Gasteiger partial charge on any atom is 0.257 e. The fraction of sp³-hybridized carbons (Fsp3) is 0.417. The third-order valence-electron chi connectivity index (χ3n) is 2.25. The molecule has 4 N–H and O–H groups in total. The lowest BCUT2D eigenvalue weighted by Crippen LogP contribution is -2.29. The van der Waals surface area contributed by atoms with Gasteiger partial charge in [-0.05, 0) is 18.6 Å². The van der Waals surface area contributed by atoms with Crippen LogP contribution in [0.15, 0.2) is 18.2 Å². The van der Waals surface area contributed by atoms with Gasteiger partial charge in [-0.2, -0.15) is 0 Å². The van der Waals surface area contributed by atoms with E-state index < -0.39 is 0 Å². The molecular weight excluding hydrogens is 220 g/mol. The van der Waals surface area contributed by atoms with Gasteiger partial charge in [-0.3, -0.25) is 4.79 Å². The molecule has 0 aliphatic heterocycles. The van der Waals surface area contributed by atoms with Crippen molar-refractivity contribution in [2.24, 2.45) is 0 Å². The topological polar surface area (TPSA) is 84.6 Å². The molecule has 5 nitrogen and oxygen atoms in total. The number of benzene rings is 1. The summed E-state index contributed by atoms with van der Waals surface area (Å²) in [5.74, 6) is 0.0747. The number of carbonyl (C=O) groups excluding carboxylic acids is 1. The largest absolute Gasteiger partial charge is 0.506 e. The minimum absolute atomic E-state index is 0.0473. The Bertz CT molecular complexity index is 380. The number of unbranched alkanes of at least 4 members (excludes halogenated alkanes) is 1. The van der Waals surface area contributed by atoms with E-state index in [0.29, 0.717) is 12.3 Å². The van der Waals surface area contributed by atoms with E-state index in [1.54, 1.807) is 12.1 Å². The van der Waals surface area contributed by atoms with Crippen molar-refractivity contribution in [3.05, 3.63) is 18.2 Å². The Labute approximate surface area is 101 Å². The molecule has 1 aromatic rings. The van der Waals surface area contributed by atoms with Crippen LogP contribution in [0, 0.1) is 0 Å². The molecule has 17 heavy (non-hydrogen) atoms. The summed E-state index contributed by atoms with van der Waals surface area (Å²) in [6.07, 6.45) is 1.97. The first kappa shape index (κ1) is 13.2. The monoisotopic (exact) mass is 238 g/mol. The summed E-state index contributed by atoms with van der Waals surface area (Å²) in [4.78, 5) is 11.3. The van der Waals surface area contributed by atoms with E-state index in [2.05, 4.69) is 12.2 Å². The molecule has 0 saturated heterocycles. The van der Waals surface area contributed by atoms with Crippen LogP contribution in [-0.2, 0) is 4.79 Å². The quantitative estimate of drug-likeness (QED) is 0.396. The summed E-state index contributed by atoms with van der Waals surface area (Å²) in [5, 5.41) is 12.1. The van der Waals surface area contributed by atoms with Crippen LogP contribution < -0.4 is 15.8 Å². The fourth-order valence-corrected chi connectivity index (χ4v) is 1.26. The van der Waals surface area contributed by atoms with Gasteiger partial charge in [0.05, 0.1) is 0 Å². The Morgan fingerprint density at radius 3 is 3.00 bits per heavy atom. The van der Waals surface area contributed by atoms with E-state index in [1.165, 1.54) is 6.07 Å². The van der Waals surface area contributed by atoms with Gasteiger partial charge in [-0.1, -0.05) is 19.4 Å². The van der Waals surface area contributed by atoms with Gasteiger partial charge in [0.1, 0.15) is 17.2 Å². The zero-order valence-electron chi connectivity index (χ0n) is 9.90. The van der Waals surface area contributed by atoms with Crippen LogP contribution in [-0.4, -0.2) is 24.2 Å². The molecule has 1 aromatic carbocycles. The number of phenols is 1. The third-order valence-corrected chi connectivity index (χ3v) is 2.25. The van der Waals surface area contributed by atoms with E-state index >= 15 is 0 Å². The molecule has 94 valence electrons. The van der Waals surface area contributed by atoms with Gasteiger partial charge in [-0.15, -0.1) is 0 Å². The van der Waals surface area contributed by atoms with E-state index in [4.69, 9.17) is 10.5 Å². The third kappa shape index (κ3) is 4.22. The Morgan fingerprint density at radius 1 is 1.53 bits per heavy atom. The lowest BCUT2D eigenvalue weighted by Gasteiger charge is -2.09. The van der Waals surface area contributed by atoms with Gasteiger partial charge in [0.15, 0.2) is 6.61 Å². The van der Waals surface area contributed by atoms with Gasteiger partial charge < -0.3 is 20.9 Å². The maximum absolute atomic E-state index is 11.3. The van der Waals surface area contributed by atoms with Crippen molar-refractivity contribution in [1.29, 1.82) is 0 Å². The summed E-state index contributed by atoms with van der Waals surface area (Å²) in [6, 6.07) is 4.67. The van der Waals surface area contributed by atoms with Crippen molar-refractivity contribution in [2.45, 2.75) is 19.8 Å². The summed E-state index contributed by atoms with van der Waals surface area (Å²) in [6.45, 7) is 2.60. The van der Waals surface area contributed by atoms with Crippen LogP contribution in [0.3, 0.4) is 0 Å². The molecule has 0 heterocycles. The Kier molecular flexibility index (Phi) is 5.13.